The van der Waals surface area contributed by atoms with E-state index in [1.807, 2.05) is 24.3 Å². The monoisotopic (exact) mass is 278 g/mol. The number of nitrogens with zero attached hydrogens (tertiary/aromatic N) is 1. The number of hydrogen-bond acceptors (Lipinski definition) is 3. The summed E-state index contributed by atoms with van der Waals surface area (Å²) in [6.45, 7) is 4.45. The first kappa shape index (κ1) is 14.3. The maximum atomic E-state index is 5.74. The average molecular weight is 278 g/mol. The zero-order chi connectivity index (χ0) is 13.5. The summed E-state index contributed by atoms with van der Waals surface area (Å²) in [5.74, 6) is 0.924. The highest BCUT2D eigenvalue weighted by Crippen LogP contribution is 2.13. The summed E-state index contributed by atoms with van der Waals surface area (Å²) in [6, 6.07) is 8.02. The molecule has 19 heavy (non-hydrogen) atoms. The number of ether oxygens (including phenoxy) is 1. The number of thiocarbonyl (C=S) groups is 1. The van der Waals surface area contributed by atoms with Gasteiger partial charge in [0.05, 0.1) is 11.6 Å². The summed E-state index contributed by atoms with van der Waals surface area (Å²) in [5, 5.41) is 0. The van der Waals surface area contributed by atoms with Gasteiger partial charge in [0.1, 0.15) is 5.75 Å². The van der Waals surface area contributed by atoms with Gasteiger partial charge in [-0.3, -0.25) is 0 Å². The maximum absolute atomic E-state index is 5.74. The highest BCUT2D eigenvalue weighted by Gasteiger charge is 2.10. The Morgan fingerprint density at radius 1 is 1.21 bits per heavy atom. The van der Waals surface area contributed by atoms with Gasteiger partial charge in [0.25, 0.3) is 0 Å². The van der Waals surface area contributed by atoms with Crippen molar-refractivity contribution in [2.75, 3.05) is 26.2 Å². The molecule has 0 bridgehead atoms. The fraction of sp³-hybridized carbons (Fsp3) is 0.533. The Morgan fingerprint density at radius 2 is 1.89 bits per heavy atom. The average Bonchev–Trinajstić information content (AvgIpc) is 2.89. The lowest BCUT2D eigenvalue weighted by atomic mass is 10.1. The molecule has 1 aliphatic rings. The van der Waals surface area contributed by atoms with E-state index in [9.17, 15) is 0 Å². The van der Waals surface area contributed by atoms with Crippen LogP contribution in [0.5, 0.6) is 5.75 Å². The van der Waals surface area contributed by atoms with Crippen molar-refractivity contribution < 1.29 is 4.74 Å². The number of rotatable bonds is 7. The van der Waals surface area contributed by atoms with Gasteiger partial charge in [0.15, 0.2) is 0 Å². The fourth-order valence-corrected chi connectivity index (χ4v) is 2.56. The van der Waals surface area contributed by atoms with Crippen LogP contribution < -0.4 is 10.5 Å². The quantitative estimate of drug-likeness (QED) is 0.614. The summed E-state index contributed by atoms with van der Waals surface area (Å²) in [5.41, 5.74) is 6.65. The Hall–Kier alpha value is -1.13. The van der Waals surface area contributed by atoms with Crippen molar-refractivity contribution in [1.29, 1.82) is 0 Å². The fourth-order valence-electron chi connectivity index (χ4n) is 2.39. The van der Waals surface area contributed by atoms with E-state index in [-0.39, 0.29) is 0 Å². The molecule has 0 saturated carbocycles. The summed E-state index contributed by atoms with van der Waals surface area (Å²) >= 11 is 4.89. The lowest BCUT2D eigenvalue weighted by Gasteiger charge is -2.14. The molecular formula is C15H22N2OS. The Labute approximate surface area is 120 Å². The Balaban J connectivity index is 1.66. The van der Waals surface area contributed by atoms with Gasteiger partial charge >= 0.3 is 0 Å². The minimum absolute atomic E-state index is 0.527. The Morgan fingerprint density at radius 3 is 2.53 bits per heavy atom. The second-order valence-electron chi connectivity index (χ2n) is 5.04. The van der Waals surface area contributed by atoms with Crippen LogP contribution in [0.4, 0.5) is 0 Å². The molecule has 1 aliphatic heterocycles. The van der Waals surface area contributed by atoms with Crippen LogP contribution in [0.15, 0.2) is 24.3 Å². The topological polar surface area (TPSA) is 38.5 Å². The van der Waals surface area contributed by atoms with Gasteiger partial charge in [0.2, 0.25) is 0 Å². The third kappa shape index (κ3) is 5.17. The molecule has 104 valence electrons. The molecule has 2 N–H and O–H groups in total. The lowest BCUT2D eigenvalue weighted by molar-refractivity contribution is 0.263. The van der Waals surface area contributed by atoms with Gasteiger partial charge in [-0.15, -0.1) is 0 Å². The molecule has 0 atom stereocenters. The van der Waals surface area contributed by atoms with Crippen LogP contribution in [0.2, 0.25) is 0 Å². The van der Waals surface area contributed by atoms with E-state index in [0.717, 1.165) is 30.9 Å². The third-order valence-corrected chi connectivity index (χ3v) is 3.53. The minimum Gasteiger partial charge on any atom is -0.494 e. The number of likely N-dealkylation sites (tertiary alicyclic amines) is 1. The van der Waals surface area contributed by atoms with Gasteiger partial charge < -0.3 is 15.4 Å². The standard InChI is InChI=1S/C15H22N2OS/c16-15(19)12-13-4-6-14(7-5-13)18-11-3-10-17-8-1-2-9-17/h4-7H,1-3,8-12H2,(H2,16,19). The first-order valence-electron chi connectivity index (χ1n) is 6.96. The number of benzene rings is 1. The molecule has 0 spiro atoms. The first-order chi connectivity index (χ1) is 9.24. The smallest absolute Gasteiger partial charge is 0.119 e. The van der Waals surface area contributed by atoms with E-state index < -0.39 is 0 Å². The van der Waals surface area contributed by atoms with Gasteiger partial charge in [-0.05, 0) is 50.0 Å². The van der Waals surface area contributed by atoms with Crippen molar-refractivity contribution in [3.63, 3.8) is 0 Å². The summed E-state index contributed by atoms with van der Waals surface area (Å²) in [6.07, 6.45) is 4.45. The molecule has 0 aromatic heterocycles. The Bertz CT molecular complexity index is 399. The van der Waals surface area contributed by atoms with Crippen LogP contribution in [0.3, 0.4) is 0 Å². The van der Waals surface area contributed by atoms with Crippen LogP contribution in [0, 0.1) is 0 Å². The maximum Gasteiger partial charge on any atom is 0.119 e. The van der Waals surface area contributed by atoms with Crippen molar-refractivity contribution in [3.8, 4) is 5.75 Å². The van der Waals surface area contributed by atoms with E-state index >= 15 is 0 Å². The van der Waals surface area contributed by atoms with Gasteiger partial charge in [-0.2, -0.15) is 0 Å². The van der Waals surface area contributed by atoms with Crippen molar-refractivity contribution in [2.45, 2.75) is 25.7 Å². The van der Waals surface area contributed by atoms with Crippen LogP contribution in [0.25, 0.3) is 0 Å². The summed E-state index contributed by atoms with van der Waals surface area (Å²) < 4.78 is 5.74. The molecule has 0 radical (unpaired) electrons. The van der Waals surface area contributed by atoms with Crippen molar-refractivity contribution >= 4 is 17.2 Å². The minimum atomic E-state index is 0.527. The largest absolute Gasteiger partial charge is 0.494 e. The summed E-state index contributed by atoms with van der Waals surface area (Å²) in [7, 11) is 0. The molecule has 2 rings (SSSR count). The van der Waals surface area contributed by atoms with Gasteiger partial charge in [-0.25, -0.2) is 0 Å². The van der Waals surface area contributed by atoms with Gasteiger partial charge in [0, 0.05) is 13.0 Å². The predicted octanol–water partition coefficient (Wildman–Crippen LogP) is 2.38. The number of nitrogens with two attached hydrogens (primary N) is 1. The molecule has 1 aromatic rings. The molecule has 0 amide bonds. The Kier molecular flexibility index (Phi) is 5.61. The highest BCUT2D eigenvalue weighted by molar-refractivity contribution is 7.80. The number of hydrogen-bond donors (Lipinski definition) is 1. The molecule has 0 aliphatic carbocycles. The second-order valence-corrected chi connectivity index (χ2v) is 5.56. The van der Waals surface area contributed by atoms with Crippen molar-refractivity contribution in [3.05, 3.63) is 29.8 Å². The molecule has 1 saturated heterocycles. The summed E-state index contributed by atoms with van der Waals surface area (Å²) in [4.78, 5) is 3.04. The van der Waals surface area contributed by atoms with Crippen LogP contribution >= 0.6 is 12.2 Å². The van der Waals surface area contributed by atoms with E-state index in [0.29, 0.717) is 11.4 Å². The first-order valence-corrected chi connectivity index (χ1v) is 7.37. The molecule has 1 aromatic carbocycles. The van der Waals surface area contributed by atoms with E-state index in [2.05, 4.69) is 4.90 Å². The molecule has 4 heteroatoms. The van der Waals surface area contributed by atoms with Crippen LogP contribution in [-0.4, -0.2) is 36.1 Å². The highest BCUT2D eigenvalue weighted by atomic mass is 32.1. The van der Waals surface area contributed by atoms with E-state index in [1.165, 1.54) is 25.9 Å². The third-order valence-electron chi connectivity index (χ3n) is 3.39. The zero-order valence-electron chi connectivity index (χ0n) is 11.3. The lowest BCUT2D eigenvalue weighted by Crippen LogP contribution is -2.21. The molecule has 3 nitrogen and oxygen atoms in total. The van der Waals surface area contributed by atoms with Crippen LogP contribution in [-0.2, 0) is 6.42 Å². The van der Waals surface area contributed by atoms with E-state index in [1.54, 1.807) is 0 Å². The zero-order valence-corrected chi connectivity index (χ0v) is 12.1. The normalized spacial score (nSPS) is 15.6. The van der Waals surface area contributed by atoms with Crippen molar-refractivity contribution in [2.24, 2.45) is 5.73 Å². The van der Waals surface area contributed by atoms with Gasteiger partial charge in [-0.1, -0.05) is 24.4 Å². The predicted molar refractivity (Wildman–Crippen MR) is 82.7 cm³/mol. The second kappa shape index (κ2) is 7.46. The molecule has 0 unspecified atom stereocenters. The molecule has 1 heterocycles. The molecular weight excluding hydrogens is 256 g/mol. The molecule has 1 fully saturated rings. The van der Waals surface area contributed by atoms with Crippen LogP contribution in [0.1, 0.15) is 24.8 Å². The SMILES string of the molecule is NC(=S)Cc1ccc(OCCCN2CCCC2)cc1. The van der Waals surface area contributed by atoms with E-state index in [4.69, 9.17) is 22.7 Å². The van der Waals surface area contributed by atoms with Crippen molar-refractivity contribution in [1.82, 2.24) is 4.90 Å².